The first kappa shape index (κ1) is 68.1. The number of rotatable bonds is 20. The lowest BCUT2D eigenvalue weighted by molar-refractivity contribution is -0.385. The number of nitro groups is 2. The SMILES string of the molecule is CN(C(=O)OC(C)(C)C)[C@@H]1[C@@H](O)[C@@H](O[C@@H]2[C@@H](O)[C@H](O[C@H]3OC(CNC(=O)OCc4ccc([N+](=O)[O-])cc4)=CC[C@H]3NC(=O)OCc3ccc([N+](=O)[O-])cc3)[C@@H](NC(=O)OC(C)(C)C)C[C@H]2NC(=O)[C@@H](O)CCNC(=O)OC(C)(C)C)OC[C@]1(C)O. The summed E-state index contributed by atoms with van der Waals surface area (Å²) in [5, 5.41) is 82.6. The van der Waals surface area contributed by atoms with Crippen LogP contribution in [0.5, 0.6) is 0 Å². The molecular weight excluding hydrogens is 1130 g/mol. The van der Waals surface area contributed by atoms with Gasteiger partial charge >= 0.3 is 30.5 Å². The second-order valence-electron chi connectivity index (χ2n) is 23.6. The minimum absolute atomic E-state index is 0.00977. The highest BCUT2D eigenvalue weighted by molar-refractivity contribution is 5.81. The molecular formula is C54H78N8O23. The number of carbonyl (C=O) groups excluding carboxylic acids is 6. The minimum atomic E-state index is -2.06. The van der Waals surface area contributed by atoms with E-state index in [0.29, 0.717) is 11.1 Å². The van der Waals surface area contributed by atoms with Crippen LogP contribution in [0.3, 0.4) is 0 Å². The van der Waals surface area contributed by atoms with Crippen LogP contribution in [0.4, 0.5) is 35.3 Å². The van der Waals surface area contributed by atoms with E-state index in [9.17, 15) is 69.4 Å². The molecule has 2 aromatic rings. The predicted octanol–water partition coefficient (Wildman–Crippen LogP) is 3.55. The molecule has 0 radical (unpaired) electrons. The first-order valence-electron chi connectivity index (χ1n) is 27.1. The van der Waals surface area contributed by atoms with Crippen molar-refractivity contribution >= 4 is 47.7 Å². The van der Waals surface area contributed by atoms with Gasteiger partial charge in [0, 0.05) is 37.9 Å². The van der Waals surface area contributed by atoms with Crippen LogP contribution < -0.4 is 26.6 Å². The van der Waals surface area contributed by atoms with Gasteiger partial charge in [-0.2, -0.15) is 0 Å². The highest BCUT2D eigenvalue weighted by Gasteiger charge is 2.55. The van der Waals surface area contributed by atoms with Crippen LogP contribution in [0.25, 0.3) is 0 Å². The summed E-state index contributed by atoms with van der Waals surface area (Å²) in [6.07, 6.45) is -17.2. The van der Waals surface area contributed by atoms with Crippen molar-refractivity contribution in [2.45, 2.75) is 191 Å². The maximum atomic E-state index is 14.0. The number of aliphatic hydroxyl groups is 4. The fourth-order valence-corrected chi connectivity index (χ4v) is 8.95. The second kappa shape index (κ2) is 28.9. The number of nitrogens with zero attached hydrogens (tertiary/aromatic N) is 3. The molecule has 2 aromatic carbocycles. The monoisotopic (exact) mass is 1210 g/mol. The first-order valence-corrected chi connectivity index (χ1v) is 27.1. The summed E-state index contributed by atoms with van der Waals surface area (Å²) < 4.78 is 52.1. The number of hydrogen-bond donors (Lipinski definition) is 9. The van der Waals surface area contributed by atoms with Crippen molar-refractivity contribution in [3.05, 3.63) is 91.7 Å². The van der Waals surface area contributed by atoms with E-state index in [-0.39, 0.29) is 56.3 Å². The van der Waals surface area contributed by atoms with Crippen LogP contribution in [-0.4, -0.2) is 188 Å². The summed E-state index contributed by atoms with van der Waals surface area (Å²) in [6.45, 7) is 13.9. The van der Waals surface area contributed by atoms with Crippen LogP contribution in [0.1, 0.15) is 99.6 Å². The molecule has 0 aromatic heterocycles. The Bertz CT molecular complexity index is 2690. The molecule has 472 valence electrons. The van der Waals surface area contributed by atoms with E-state index in [1.165, 1.54) is 68.6 Å². The van der Waals surface area contributed by atoms with E-state index in [1.807, 2.05) is 0 Å². The molecule has 3 aliphatic rings. The molecule has 5 rings (SSSR count). The number of amides is 6. The Morgan fingerprint density at radius 1 is 0.694 bits per heavy atom. The standard InChI is InChI=1S/C54H78N8O23/c1-51(2,3)83-47(68)55-23-22-37(63)43(66)57-35-24-36(59-49(70)84-52(4,5)6)41(38(64)40(35)82-45-39(65)42(54(10,72)28-79-45)60(11)50(71)85-53(7,8)9)81-44-34(58-48(69)78-27-30-14-18-32(19-15-30)62(75)76)21-20-33(80-44)25-56-46(67)77-26-29-12-16-31(17-13-29)61(73)74/h12-20,34-42,44-45,63-65,72H,21-28H2,1-11H3,(H,55,68)(H,56,67)(H,57,66)(H,58,69)(H,59,70)/t34-,35-,36+,37+,38-,39-,40+,41-,42-,44-,45-,54+/m1/s1. The van der Waals surface area contributed by atoms with E-state index in [1.54, 1.807) is 62.3 Å². The zero-order valence-electron chi connectivity index (χ0n) is 49.1. The van der Waals surface area contributed by atoms with Gasteiger partial charge < -0.3 is 94.5 Å². The quantitative estimate of drug-likeness (QED) is 0.0520. The van der Waals surface area contributed by atoms with Crippen LogP contribution in [0.15, 0.2) is 60.4 Å². The molecule has 2 fully saturated rings. The van der Waals surface area contributed by atoms with Crippen molar-refractivity contribution in [2.75, 3.05) is 26.7 Å². The van der Waals surface area contributed by atoms with Crippen molar-refractivity contribution in [3.8, 4) is 0 Å². The molecule has 1 saturated carbocycles. The Labute approximate surface area is 489 Å². The number of alkyl carbamates (subject to hydrolysis) is 4. The second-order valence-corrected chi connectivity index (χ2v) is 23.6. The third kappa shape index (κ3) is 21.1. The van der Waals surface area contributed by atoms with Gasteiger partial charge in [0.05, 0.1) is 47.2 Å². The smallest absolute Gasteiger partial charge is 0.410 e. The minimum Gasteiger partial charge on any atom is -0.465 e. The number of carbonyl (C=O) groups is 6. The number of hydrogen-bond acceptors (Lipinski definition) is 23. The molecule has 9 N–H and O–H groups in total. The Kier molecular flexibility index (Phi) is 23.2. The maximum Gasteiger partial charge on any atom is 0.410 e. The number of likely N-dealkylation sites (N-methyl/N-ethyl adjacent to an activating group) is 1. The van der Waals surface area contributed by atoms with Crippen molar-refractivity contribution in [1.82, 2.24) is 31.5 Å². The summed E-state index contributed by atoms with van der Waals surface area (Å²) in [7, 11) is 1.26. The van der Waals surface area contributed by atoms with E-state index in [2.05, 4.69) is 26.6 Å². The van der Waals surface area contributed by atoms with Crippen LogP contribution in [-0.2, 0) is 60.6 Å². The Hall–Kier alpha value is -7.68. The molecule has 0 spiro atoms. The lowest BCUT2D eigenvalue weighted by atomic mass is 9.82. The van der Waals surface area contributed by atoms with Crippen molar-refractivity contribution in [3.63, 3.8) is 0 Å². The van der Waals surface area contributed by atoms with Gasteiger partial charge in [-0.15, -0.1) is 0 Å². The normalized spacial score (nSPS) is 25.4. The summed E-state index contributed by atoms with van der Waals surface area (Å²) >= 11 is 0. The first-order chi connectivity index (χ1) is 39.5. The van der Waals surface area contributed by atoms with Gasteiger partial charge in [-0.1, -0.05) is 0 Å². The highest BCUT2D eigenvalue weighted by Crippen LogP contribution is 2.35. The molecule has 31 heteroatoms. The van der Waals surface area contributed by atoms with E-state index >= 15 is 0 Å². The van der Waals surface area contributed by atoms with E-state index in [4.69, 9.17) is 42.6 Å². The molecule has 85 heavy (non-hydrogen) atoms. The average molecular weight is 1210 g/mol. The Morgan fingerprint density at radius 3 is 1.72 bits per heavy atom. The summed E-state index contributed by atoms with van der Waals surface area (Å²) in [6, 6.07) is 4.81. The molecule has 6 amide bonds. The summed E-state index contributed by atoms with van der Waals surface area (Å²) in [4.78, 5) is 102. The molecule has 31 nitrogen and oxygen atoms in total. The molecule has 0 bridgehead atoms. The van der Waals surface area contributed by atoms with E-state index in [0.717, 1.165) is 4.90 Å². The summed E-state index contributed by atoms with van der Waals surface area (Å²) in [5.41, 5.74) is -4.52. The van der Waals surface area contributed by atoms with Crippen molar-refractivity contribution in [2.24, 2.45) is 0 Å². The van der Waals surface area contributed by atoms with Crippen molar-refractivity contribution in [1.29, 1.82) is 0 Å². The molecule has 1 aliphatic carbocycles. The largest absolute Gasteiger partial charge is 0.465 e. The van der Waals surface area contributed by atoms with Gasteiger partial charge in [0.2, 0.25) is 12.2 Å². The van der Waals surface area contributed by atoms with E-state index < -0.39 is 149 Å². The van der Waals surface area contributed by atoms with Gasteiger partial charge in [-0.05, 0) is 130 Å². The van der Waals surface area contributed by atoms with Gasteiger partial charge in [0.15, 0.2) is 6.29 Å². The van der Waals surface area contributed by atoms with Crippen LogP contribution in [0.2, 0.25) is 0 Å². The Balaban J connectivity index is 1.50. The zero-order chi connectivity index (χ0) is 63.4. The third-order valence-electron chi connectivity index (χ3n) is 12.8. The maximum absolute atomic E-state index is 14.0. The van der Waals surface area contributed by atoms with Gasteiger partial charge in [0.25, 0.3) is 11.4 Å². The average Bonchev–Trinajstić information content (AvgIpc) is 3.52. The topological polar surface area (TPSA) is 416 Å². The van der Waals surface area contributed by atoms with Crippen LogP contribution >= 0.6 is 0 Å². The predicted molar refractivity (Wildman–Crippen MR) is 294 cm³/mol. The highest BCUT2D eigenvalue weighted by atomic mass is 16.7. The molecule has 2 aliphatic heterocycles. The van der Waals surface area contributed by atoms with Gasteiger partial charge in [-0.25, -0.2) is 24.0 Å². The number of aliphatic hydroxyl groups excluding tert-OH is 3. The number of nitro benzene ring substituents is 2. The molecule has 0 unspecified atom stereocenters. The molecule has 12 atom stereocenters. The van der Waals surface area contributed by atoms with Gasteiger partial charge in [0.1, 0.15) is 71.9 Å². The fraction of sp³-hybridized carbons (Fsp3) is 0.630. The lowest BCUT2D eigenvalue weighted by Crippen LogP contribution is -2.71. The third-order valence-corrected chi connectivity index (χ3v) is 12.8. The zero-order valence-corrected chi connectivity index (χ0v) is 49.1. The molecule has 1 saturated heterocycles. The van der Waals surface area contributed by atoms with Crippen LogP contribution in [0, 0.1) is 20.2 Å². The van der Waals surface area contributed by atoms with Crippen molar-refractivity contribution < 1.29 is 102 Å². The molecule has 2 heterocycles. The number of nitrogens with one attached hydrogen (secondary N) is 5. The summed E-state index contributed by atoms with van der Waals surface area (Å²) in [5.74, 6) is -1.06. The fourth-order valence-electron chi connectivity index (χ4n) is 8.95. The number of non-ortho nitro benzene ring substituents is 2. The number of ether oxygens (including phenoxy) is 9. The Morgan fingerprint density at radius 2 is 1.19 bits per heavy atom. The van der Waals surface area contributed by atoms with Gasteiger partial charge in [-0.3, -0.25) is 25.0 Å². The number of benzene rings is 2. The lowest BCUT2D eigenvalue weighted by Gasteiger charge is -2.50.